The average Bonchev–Trinajstić information content (AvgIpc) is 3.23. The Hall–Kier alpha value is -3.26. The summed E-state index contributed by atoms with van der Waals surface area (Å²) in [7, 11) is 0. The third-order valence-electron chi connectivity index (χ3n) is 3.19. The maximum atomic E-state index is 12.3. The number of hydrogen-bond donors (Lipinski definition) is 0. The van der Waals surface area contributed by atoms with Gasteiger partial charge in [-0.25, -0.2) is 4.68 Å². The molecule has 0 N–H and O–H groups in total. The fourth-order valence-corrected chi connectivity index (χ4v) is 2.05. The number of aromatic nitrogens is 2. The molecule has 1 aliphatic rings. The van der Waals surface area contributed by atoms with Crippen LogP contribution in [0.4, 0.5) is 0 Å². The van der Waals surface area contributed by atoms with Crippen LogP contribution in [0, 0.1) is 11.3 Å². The quantitative estimate of drug-likeness (QED) is 0.871. The number of nitriles is 1. The molecule has 1 aliphatic heterocycles. The molecule has 0 aliphatic carbocycles. The van der Waals surface area contributed by atoms with E-state index in [-0.39, 0.29) is 5.91 Å². The van der Waals surface area contributed by atoms with E-state index < -0.39 is 0 Å². The predicted octanol–water partition coefficient (Wildman–Crippen LogP) is 2.47. The first-order valence-corrected chi connectivity index (χ1v) is 6.74. The number of carbonyl (C=O) groups is 1. The first kappa shape index (κ1) is 13.7. The smallest absolute Gasteiger partial charge is 0.278 e. The first-order valence-electron chi connectivity index (χ1n) is 6.74. The third kappa shape index (κ3) is 2.91. The summed E-state index contributed by atoms with van der Waals surface area (Å²) in [6, 6.07) is 10.3. The number of benzene rings is 1. The van der Waals surface area contributed by atoms with Gasteiger partial charge in [0.2, 0.25) is 0 Å². The number of nitrogens with zero attached hydrogens (tertiary/aromatic N) is 4. The minimum absolute atomic E-state index is 0.264. The Balaban J connectivity index is 1.78. The second kappa shape index (κ2) is 6.02. The topological polar surface area (TPSA) is 71.0 Å². The van der Waals surface area contributed by atoms with Gasteiger partial charge in [-0.3, -0.25) is 9.79 Å². The van der Waals surface area contributed by atoms with Crippen molar-refractivity contribution in [1.29, 1.82) is 5.26 Å². The summed E-state index contributed by atoms with van der Waals surface area (Å²) in [5.41, 5.74) is 2.68. The van der Waals surface area contributed by atoms with Gasteiger partial charge in [-0.05, 0) is 42.0 Å². The molecule has 1 aromatic carbocycles. The molecule has 3 rings (SSSR count). The van der Waals surface area contributed by atoms with Crippen molar-refractivity contribution in [2.24, 2.45) is 4.99 Å². The lowest BCUT2D eigenvalue weighted by Crippen LogP contribution is -2.12. The number of rotatable bonds is 3. The molecule has 1 aromatic heterocycles. The summed E-state index contributed by atoms with van der Waals surface area (Å²) < 4.78 is 1.27. The molecule has 0 bridgehead atoms. The predicted molar refractivity (Wildman–Crippen MR) is 83.6 cm³/mol. The van der Waals surface area contributed by atoms with Gasteiger partial charge in [0, 0.05) is 18.0 Å². The second-order valence-corrected chi connectivity index (χ2v) is 4.75. The minimum Gasteiger partial charge on any atom is -0.288 e. The molecular formula is C17H12N4O. The zero-order valence-electron chi connectivity index (χ0n) is 11.7. The molecule has 0 unspecified atom stereocenters. The molecule has 0 radical (unpaired) electrons. The van der Waals surface area contributed by atoms with E-state index in [1.54, 1.807) is 42.7 Å². The van der Waals surface area contributed by atoms with E-state index in [1.807, 2.05) is 24.3 Å². The van der Waals surface area contributed by atoms with Gasteiger partial charge in [-0.1, -0.05) is 12.1 Å². The van der Waals surface area contributed by atoms with Gasteiger partial charge < -0.3 is 0 Å². The molecule has 22 heavy (non-hydrogen) atoms. The molecule has 5 nitrogen and oxygen atoms in total. The van der Waals surface area contributed by atoms with Gasteiger partial charge >= 0.3 is 0 Å². The van der Waals surface area contributed by atoms with Crippen molar-refractivity contribution < 1.29 is 4.79 Å². The standard InChI is InChI=1S/C17H12N4O/c18-11-14-2-1-3-15(10-14)17(22)21-9-7-16(20-21)5-4-13-6-8-19-12-13/h1-10H,12H2/b5-4+. The molecule has 0 saturated carbocycles. The van der Waals surface area contributed by atoms with E-state index in [1.165, 1.54) is 4.68 Å². The summed E-state index contributed by atoms with van der Waals surface area (Å²) in [6.45, 7) is 0.678. The Morgan fingerprint density at radius 2 is 2.23 bits per heavy atom. The molecular weight excluding hydrogens is 276 g/mol. The van der Waals surface area contributed by atoms with Gasteiger partial charge in [0.1, 0.15) is 0 Å². The van der Waals surface area contributed by atoms with E-state index in [2.05, 4.69) is 10.1 Å². The Labute approximate surface area is 127 Å². The van der Waals surface area contributed by atoms with Crippen LogP contribution in [0.5, 0.6) is 0 Å². The highest BCUT2D eigenvalue weighted by molar-refractivity contribution is 5.95. The van der Waals surface area contributed by atoms with Crippen LogP contribution in [0.1, 0.15) is 21.6 Å². The summed E-state index contributed by atoms with van der Waals surface area (Å²) >= 11 is 0. The molecule has 2 aromatic rings. The van der Waals surface area contributed by atoms with Crippen molar-refractivity contribution in [3.8, 4) is 6.07 Å². The molecule has 0 spiro atoms. The lowest BCUT2D eigenvalue weighted by molar-refractivity contribution is 0.0945. The van der Waals surface area contributed by atoms with Gasteiger partial charge in [0.15, 0.2) is 0 Å². The summed E-state index contributed by atoms with van der Waals surface area (Å²) in [6.07, 6.45) is 9.09. The third-order valence-corrected chi connectivity index (χ3v) is 3.19. The zero-order chi connectivity index (χ0) is 15.4. The van der Waals surface area contributed by atoms with Crippen LogP contribution in [0.25, 0.3) is 6.08 Å². The van der Waals surface area contributed by atoms with Crippen LogP contribution in [0.3, 0.4) is 0 Å². The number of hydrogen-bond acceptors (Lipinski definition) is 4. The number of allylic oxidation sites excluding steroid dienone is 1. The lowest BCUT2D eigenvalue weighted by atomic mass is 10.1. The molecule has 5 heteroatoms. The molecule has 0 fully saturated rings. The summed E-state index contributed by atoms with van der Waals surface area (Å²) in [4.78, 5) is 16.4. The van der Waals surface area contributed by atoms with E-state index in [0.717, 1.165) is 5.57 Å². The van der Waals surface area contributed by atoms with Crippen LogP contribution < -0.4 is 0 Å². The Morgan fingerprint density at radius 1 is 1.32 bits per heavy atom. The molecule has 0 amide bonds. The van der Waals surface area contributed by atoms with Gasteiger partial charge in [-0.2, -0.15) is 10.4 Å². The highest BCUT2D eigenvalue weighted by Crippen LogP contribution is 2.09. The van der Waals surface area contributed by atoms with E-state index >= 15 is 0 Å². The largest absolute Gasteiger partial charge is 0.288 e. The zero-order valence-corrected chi connectivity index (χ0v) is 11.7. The van der Waals surface area contributed by atoms with E-state index in [4.69, 9.17) is 5.26 Å². The first-order chi connectivity index (χ1) is 10.8. The van der Waals surface area contributed by atoms with Crippen molar-refractivity contribution >= 4 is 18.2 Å². The maximum absolute atomic E-state index is 12.3. The van der Waals surface area contributed by atoms with Crippen LogP contribution in [0.15, 0.2) is 59.2 Å². The molecule has 0 atom stereocenters. The highest BCUT2D eigenvalue weighted by Gasteiger charge is 2.10. The van der Waals surface area contributed by atoms with E-state index in [0.29, 0.717) is 23.4 Å². The fraction of sp³-hybridized carbons (Fsp3) is 0.0588. The Kier molecular flexibility index (Phi) is 3.75. The van der Waals surface area contributed by atoms with E-state index in [9.17, 15) is 4.79 Å². The van der Waals surface area contributed by atoms with Crippen molar-refractivity contribution in [1.82, 2.24) is 9.78 Å². The molecule has 0 saturated heterocycles. The summed E-state index contributed by atoms with van der Waals surface area (Å²) in [5, 5.41) is 13.1. The SMILES string of the molecule is N#Cc1cccc(C(=O)n2ccc(/C=C/C3=CC=NC3)n2)c1. The Bertz CT molecular complexity index is 850. The molecule has 106 valence electrons. The maximum Gasteiger partial charge on any atom is 0.278 e. The monoisotopic (exact) mass is 288 g/mol. The van der Waals surface area contributed by atoms with Crippen molar-refractivity contribution in [2.45, 2.75) is 0 Å². The van der Waals surface area contributed by atoms with Crippen LogP contribution >= 0.6 is 0 Å². The average molecular weight is 288 g/mol. The lowest BCUT2D eigenvalue weighted by Gasteiger charge is -2.00. The second-order valence-electron chi connectivity index (χ2n) is 4.75. The van der Waals surface area contributed by atoms with Crippen LogP contribution in [-0.4, -0.2) is 28.4 Å². The van der Waals surface area contributed by atoms with Crippen molar-refractivity contribution in [2.75, 3.05) is 6.54 Å². The van der Waals surface area contributed by atoms with Gasteiger partial charge in [0.25, 0.3) is 5.91 Å². The fourth-order valence-electron chi connectivity index (χ4n) is 2.05. The van der Waals surface area contributed by atoms with Gasteiger partial charge in [-0.15, -0.1) is 0 Å². The normalized spacial score (nSPS) is 13.3. The van der Waals surface area contributed by atoms with Crippen LogP contribution in [0.2, 0.25) is 0 Å². The Morgan fingerprint density at radius 3 is 3.00 bits per heavy atom. The molecule has 2 heterocycles. The van der Waals surface area contributed by atoms with Crippen molar-refractivity contribution in [3.05, 3.63) is 71.1 Å². The number of carbonyl (C=O) groups excluding carboxylic acids is 1. The van der Waals surface area contributed by atoms with Crippen molar-refractivity contribution in [3.63, 3.8) is 0 Å². The van der Waals surface area contributed by atoms with Gasteiger partial charge in [0.05, 0.1) is 23.9 Å². The number of aliphatic imine (C=N–C) groups is 1. The summed E-state index contributed by atoms with van der Waals surface area (Å²) in [5.74, 6) is -0.264. The highest BCUT2D eigenvalue weighted by atomic mass is 16.2. The minimum atomic E-state index is -0.264. The van der Waals surface area contributed by atoms with Crippen LogP contribution in [-0.2, 0) is 0 Å².